The second-order valence-electron chi connectivity index (χ2n) is 8.43. The summed E-state index contributed by atoms with van der Waals surface area (Å²) in [6.45, 7) is 7.99. The molecule has 0 radical (unpaired) electrons. The van der Waals surface area contributed by atoms with Crippen molar-refractivity contribution in [1.82, 2.24) is 4.90 Å². The molecule has 0 unspecified atom stereocenters. The first kappa shape index (κ1) is 21.7. The Labute approximate surface area is 185 Å². The van der Waals surface area contributed by atoms with Gasteiger partial charge >= 0.3 is 0 Å². The number of carbonyl (C=O) groups excluding carboxylic acids is 2. The molecule has 1 aromatic carbocycles. The minimum Gasteiger partial charge on any atom is -0.490 e. The number of allylic oxidation sites excluding steroid dienone is 4. The molecule has 0 saturated heterocycles. The maximum atomic E-state index is 13.2. The number of nitrogens with zero attached hydrogens (tertiary/aromatic N) is 1. The van der Waals surface area contributed by atoms with Gasteiger partial charge in [-0.25, -0.2) is 0 Å². The van der Waals surface area contributed by atoms with Gasteiger partial charge in [0.15, 0.2) is 23.1 Å². The Morgan fingerprint density at radius 1 is 0.839 bits per heavy atom. The number of carbonyl (C=O) groups is 2. The van der Waals surface area contributed by atoms with Gasteiger partial charge < -0.3 is 14.4 Å². The molecule has 5 nitrogen and oxygen atoms in total. The fraction of sp³-hybridized carbons (Fsp3) is 0.538. The van der Waals surface area contributed by atoms with Crippen LogP contribution in [0.15, 0.2) is 40.7 Å². The number of rotatable bonds is 7. The summed E-state index contributed by atoms with van der Waals surface area (Å²) >= 11 is 0. The maximum absolute atomic E-state index is 13.2. The van der Waals surface area contributed by atoms with Gasteiger partial charge in [0.1, 0.15) is 0 Å². The van der Waals surface area contributed by atoms with Crippen molar-refractivity contribution in [2.45, 2.75) is 71.6 Å². The first-order chi connectivity index (χ1) is 15.1. The zero-order valence-corrected chi connectivity index (χ0v) is 19.0. The monoisotopic (exact) mass is 423 g/mol. The van der Waals surface area contributed by atoms with Crippen LogP contribution in [-0.4, -0.2) is 36.2 Å². The van der Waals surface area contributed by atoms with E-state index >= 15 is 0 Å². The van der Waals surface area contributed by atoms with E-state index in [0.29, 0.717) is 37.6 Å². The fourth-order valence-corrected chi connectivity index (χ4v) is 5.29. The van der Waals surface area contributed by atoms with Crippen LogP contribution in [-0.2, 0) is 9.59 Å². The molecular formula is C26H33NO4. The first-order valence-electron chi connectivity index (χ1n) is 11.8. The Morgan fingerprint density at radius 2 is 1.42 bits per heavy atom. The highest BCUT2D eigenvalue weighted by Crippen LogP contribution is 2.50. The normalized spacial score (nSPS) is 19.5. The summed E-state index contributed by atoms with van der Waals surface area (Å²) in [5.74, 6) is 1.44. The molecule has 0 spiro atoms. The minimum absolute atomic E-state index is 0.184. The Hall–Kier alpha value is -2.56. The second kappa shape index (κ2) is 9.29. The molecule has 2 aliphatic carbocycles. The summed E-state index contributed by atoms with van der Waals surface area (Å²) in [5, 5.41) is 0. The van der Waals surface area contributed by atoms with Crippen molar-refractivity contribution in [3.8, 4) is 11.5 Å². The highest BCUT2D eigenvalue weighted by molar-refractivity contribution is 6.06. The molecule has 1 aromatic rings. The van der Waals surface area contributed by atoms with E-state index in [1.54, 1.807) is 0 Å². The number of Topliss-reactive ketones (excluding diaryl/α,β-unsaturated/α-hetero) is 2. The number of hydrogen-bond acceptors (Lipinski definition) is 5. The standard InChI is InChI=1S/C26H33NO4/c1-4-15-27-18-9-7-11-20(28)25(18)24(26-19(27)10-8-12-21(26)29)17-13-14-22(30-5-2)23(16-17)31-6-3/h13-14,16,24H,4-12,15H2,1-3H3. The van der Waals surface area contributed by atoms with Crippen molar-refractivity contribution in [2.75, 3.05) is 19.8 Å². The van der Waals surface area contributed by atoms with Crippen LogP contribution in [0.5, 0.6) is 11.5 Å². The first-order valence-corrected chi connectivity index (χ1v) is 11.8. The fourth-order valence-electron chi connectivity index (χ4n) is 5.29. The van der Waals surface area contributed by atoms with Crippen molar-refractivity contribution in [3.05, 3.63) is 46.3 Å². The molecule has 0 fully saturated rings. The number of ether oxygens (including phenoxy) is 2. The van der Waals surface area contributed by atoms with Crippen molar-refractivity contribution >= 4 is 11.6 Å². The van der Waals surface area contributed by atoms with E-state index in [9.17, 15) is 9.59 Å². The van der Waals surface area contributed by atoms with Gasteiger partial charge in [0.05, 0.1) is 13.2 Å². The van der Waals surface area contributed by atoms with Crippen LogP contribution in [0.3, 0.4) is 0 Å². The summed E-state index contributed by atoms with van der Waals surface area (Å²) in [4.78, 5) is 28.8. The molecule has 31 heavy (non-hydrogen) atoms. The molecular weight excluding hydrogens is 390 g/mol. The molecule has 3 aliphatic rings. The van der Waals surface area contributed by atoms with Crippen LogP contribution >= 0.6 is 0 Å². The van der Waals surface area contributed by atoms with Gasteiger partial charge in [-0.3, -0.25) is 9.59 Å². The highest BCUT2D eigenvalue weighted by atomic mass is 16.5. The molecule has 1 heterocycles. The highest BCUT2D eigenvalue weighted by Gasteiger charge is 2.43. The third-order valence-corrected chi connectivity index (χ3v) is 6.43. The number of hydrogen-bond donors (Lipinski definition) is 0. The summed E-state index contributed by atoms with van der Waals surface area (Å²) in [5.41, 5.74) is 4.90. The van der Waals surface area contributed by atoms with Crippen LogP contribution in [0.25, 0.3) is 0 Å². The number of ketones is 2. The van der Waals surface area contributed by atoms with Crippen molar-refractivity contribution in [2.24, 2.45) is 0 Å². The predicted octanol–water partition coefficient (Wildman–Crippen LogP) is 5.31. The van der Waals surface area contributed by atoms with Crippen molar-refractivity contribution in [3.63, 3.8) is 0 Å². The third-order valence-electron chi connectivity index (χ3n) is 6.43. The van der Waals surface area contributed by atoms with Gasteiger partial charge in [-0.1, -0.05) is 13.0 Å². The lowest BCUT2D eigenvalue weighted by Crippen LogP contribution is -2.39. The van der Waals surface area contributed by atoms with Gasteiger partial charge in [-0.05, 0) is 63.6 Å². The smallest absolute Gasteiger partial charge is 0.161 e. The average Bonchev–Trinajstić information content (AvgIpc) is 2.76. The Morgan fingerprint density at radius 3 is 1.97 bits per heavy atom. The topological polar surface area (TPSA) is 55.8 Å². The van der Waals surface area contributed by atoms with Crippen LogP contribution in [0.4, 0.5) is 0 Å². The van der Waals surface area contributed by atoms with E-state index < -0.39 is 0 Å². The Kier molecular flexibility index (Phi) is 6.49. The second-order valence-corrected chi connectivity index (χ2v) is 8.43. The third kappa shape index (κ3) is 3.90. The van der Waals surface area contributed by atoms with Crippen LogP contribution < -0.4 is 9.47 Å². The van der Waals surface area contributed by atoms with Gasteiger partial charge in [0.2, 0.25) is 0 Å². The lowest BCUT2D eigenvalue weighted by atomic mass is 9.71. The molecule has 0 aromatic heterocycles. The van der Waals surface area contributed by atoms with E-state index in [2.05, 4.69) is 11.8 Å². The van der Waals surface area contributed by atoms with Crippen LogP contribution in [0.1, 0.15) is 77.2 Å². The summed E-state index contributed by atoms with van der Waals surface area (Å²) in [7, 11) is 0. The van der Waals surface area contributed by atoms with Gasteiger partial charge in [-0.15, -0.1) is 0 Å². The van der Waals surface area contributed by atoms with Crippen LogP contribution in [0.2, 0.25) is 0 Å². The SMILES string of the molecule is CCCN1C2=C(C(=O)CCC2)C(c2ccc(OCC)c(OCC)c2)C2=C1CCCC2=O. The zero-order chi connectivity index (χ0) is 22.0. The molecule has 4 rings (SSSR count). The van der Waals surface area contributed by atoms with Crippen molar-refractivity contribution in [1.29, 1.82) is 0 Å². The predicted molar refractivity (Wildman–Crippen MR) is 120 cm³/mol. The Balaban J connectivity index is 1.91. The molecule has 0 atom stereocenters. The minimum atomic E-state index is -0.298. The van der Waals surface area contributed by atoms with Gasteiger partial charge in [0, 0.05) is 47.8 Å². The lowest BCUT2D eigenvalue weighted by Gasteiger charge is -2.44. The lowest BCUT2D eigenvalue weighted by molar-refractivity contribution is -0.117. The summed E-state index contributed by atoms with van der Waals surface area (Å²) in [6.07, 6.45) is 5.67. The molecule has 0 bridgehead atoms. The molecule has 166 valence electrons. The molecule has 5 heteroatoms. The van der Waals surface area contributed by atoms with E-state index in [1.807, 2.05) is 32.0 Å². The Bertz CT molecular complexity index is 899. The van der Waals surface area contributed by atoms with Crippen LogP contribution in [0, 0.1) is 0 Å². The van der Waals surface area contributed by atoms with Gasteiger partial charge in [-0.2, -0.15) is 0 Å². The number of benzene rings is 1. The van der Waals surface area contributed by atoms with E-state index in [1.165, 1.54) is 0 Å². The van der Waals surface area contributed by atoms with E-state index in [4.69, 9.17) is 9.47 Å². The summed E-state index contributed by atoms with van der Waals surface area (Å²) in [6, 6.07) is 5.91. The molecule has 0 saturated carbocycles. The maximum Gasteiger partial charge on any atom is 0.161 e. The average molecular weight is 424 g/mol. The van der Waals surface area contributed by atoms with Gasteiger partial charge in [0.25, 0.3) is 0 Å². The van der Waals surface area contributed by atoms with E-state index in [0.717, 1.165) is 66.8 Å². The quantitative estimate of drug-likeness (QED) is 0.595. The van der Waals surface area contributed by atoms with Crippen molar-refractivity contribution < 1.29 is 19.1 Å². The van der Waals surface area contributed by atoms with E-state index in [-0.39, 0.29) is 17.5 Å². The largest absolute Gasteiger partial charge is 0.490 e. The molecule has 0 N–H and O–H groups in total. The summed E-state index contributed by atoms with van der Waals surface area (Å²) < 4.78 is 11.6. The molecule has 1 aliphatic heterocycles. The zero-order valence-electron chi connectivity index (χ0n) is 19.0. The molecule has 0 amide bonds.